The van der Waals surface area contributed by atoms with Crippen molar-refractivity contribution in [2.75, 3.05) is 20.6 Å². The van der Waals surface area contributed by atoms with Gasteiger partial charge in [0.15, 0.2) is 0 Å². The fourth-order valence-electron chi connectivity index (χ4n) is 2.32. The number of pyridine rings is 1. The van der Waals surface area contributed by atoms with Gasteiger partial charge in [0, 0.05) is 25.5 Å². The zero-order valence-electron chi connectivity index (χ0n) is 13.9. The lowest BCUT2D eigenvalue weighted by Crippen LogP contribution is -2.40. The zero-order chi connectivity index (χ0) is 16.7. The van der Waals surface area contributed by atoms with Gasteiger partial charge in [-0.1, -0.05) is 35.9 Å². The Balaban J connectivity index is 1.86. The average molecular weight is 312 g/mol. The average Bonchev–Trinajstić information content (AvgIpc) is 2.55. The van der Waals surface area contributed by atoms with Crippen LogP contribution in [0.15, 0.2) is 48.8 Å². The highest BCUT2D eigenvalue weighted by molar-refractivity contribution is 5.73. The Morgan fingerprint density at radius 1 is 1.17 bits per heavy atom. The van der Waals surface area contributed by atoms with Gasteiger partial charge in [0.25, 0.3) is 0 Å². The zero-order valence-corrected chi connectivity index (χ0v) is 13.9. The van der Waals surface area contributed by atoms with E-state index in [0.717, 1.165) is 5.56 Å². The van der Waals surface area contributed by atoms with Crippen LogP contribution < -0.4 is 10.6 Å². The molecule has 1 aromatic carbocycles. The Hall–Kier alpha value is -2.40. The van der Waals surface area contributed by atoms with Gasteiger partial charge in [0.05, 0.1) is 6.04 Å². The molecule has 0 aliphatic heterocycles. The Bertz CT molecular complexity index is 611. The van der Waals surface area contributed by atoms with E-state index in [0.29, 0.717) is 13.1 Å². The van der Waals surface area contributed by atoms with Crippen molar-refractivity contribution in [3.8, 4) is 0 Å². The highest BCUT2D eigenvalue weighted by Gasteiger charge is 2.15. The van der Waals surface area contributed by atoms with Gasteiger partial charge in [-0.05, 0) is 38.2 Å². The van der Waals surface area contributed by atoms with Gasteiger partial charge in [0.1, 0.15) is 0 Å². The number of hydrogen-bond donors (Lipinski definition) is 2. The Kier molecular flexibility index (Phi) is 6.11. The summed E-state index contributed by atoms with van der Waals surface area (Å²) in [6.45, 7) is 3.09. The van der Waals surface area contributed by atoms with E-state index in [2.05, 4.69) is 51.7 Å². The van der Waals surface area contributed by atoms with E-state index >= 15 is 0 Å². The van der Waals surface area contributed by atoms with Gasteiger partial charge < -0.3 is 15.5 Å². The molecule has 122 valence electrons. The number of aryl methyl sites for hydroxylation is 1. The summed E-state index contributed by atoms with van der Waals surface area (Å²) < 4.78 is 0. The minimum atomic E-state index is -0.173. The van der Waals surface area contributed by atoms with Gasteiger partial charge in [-0.25, -0.2) is 4.79 Å². The fourth-order valence-corrected chi connectivity index (χ4v) is 2.32. The highest BCUT2D eigenvalue weighted by atomic mass is 16.2. The third kappa shape index (κ3) is 5.38. The molecule has 2 aromatic rings. The monoisotopic (exact) mass is 312 g/mol. The molecule has 0 saturated carbocycles. The smallest absolute Gasteiger partial charge is 0.315 e. The molecule has 1 atom stereocenters. The minimum absolute atomic E-state index is 0.139. The first kappa shape index (κ1) is 17.0. The highest BCUT2D eigenvalue weighted by Crippen LogP contribution is 2.17. The van der Waals surface area contributed by atoms with Crippen molar-refractivity contribution in [1.29, 1.82) is 0 Å². The van der Waals surface area contributed by atoms with Crippen LogP contribution in [-0.2, 0) is 6.54 Å². The van der Waals surface area contributed by atoms with E-state index in [4.69, 9.17) is 0 Å². The van der Waals surface area contributed by atoms with Crippen molar-refractivity contribution in [1.82, 2.24) is 20.5 Å². The maximum atomic E-state index is 12.0. The third-order valence-electron chi connectivity index (χ3n) is 3.72. The number of nitrogens with one attached hydrogen (secondary N) is 2. The molecule has 2 amide bonds. The van der Waals surface area contributed by atoms with Gasteiger partial charge in [0.2, 0.25) is 0 Å². The molecule has 23 heavy (non-hydrogen) atoms. The summed E-state index contributed by atoms with van der Waals surface area (Å²) in [7, 11) is 4.03. The Morgan fingerprint density at radius 2 is 1.91 bits per heavy atom. The maximum Gasteiger partial charge on any atom is 0.315 e. The minimum Gasteiger partial charge on any atom is -0.336 e. The van der Waals surface area contributed by atoms with Crippen molar-refractivity contribution in [2.45, 2.75) is 19.5 Å². The molecule has 5 nitrogen and oxygen atoms in total. The molecular weight excluding hydrogens is 288 g/mol. The molecule has 0 fully saturated rings. The summed E-state index contributed by atoms with van der Waals surface area (Å²) >= 11 is 0. The Morgan fingerprint density at radius 3 is 2.52 bits per heavy atom. The van der Waals surface area contributed by atoms with Crippen LogP contribution in [0.3, 0.4) is 0 Å². The van der Waals surface area contributed by atoms with E-state index in [1.54, 1.807) is 12.4 Å². The summed E-state index contributed by atoms with van der Waals surface area (Å²) in [5.41, 5.74) is 3.40. The number of amides is 2. The molecule has 0 bridgehead atoms. The predicted molar refractivity (Wildman–Crippen MR) is 92.1 cm³/mol. The summed E-state index contributed by atoms with van der Waals surface area (Å²) in [6, 6.07) is 12.1. The summed E-state index contributed by atoms with van der Waals surface area (Å²) in [6.07, 6.45) is 3.46. The number of rotatable bonds is 6. The topological polar surface area (TPSA) is 57.3 Å². The third-order valence-corrected chi connectivity index (χ3v) is 3.72. The molecule has 1 aromatic heterocycles. The second-order valence-corrected chi connectivity index (χ2v) is 5.81. The SMILES string of the molecule is Cc1ccc(C(CNC(=O)NCc2cccnc2)N(C)C)cc1. The standard InChI is InChI=1S/C18H24N4O/c1-14-6-8-16(9-7-14)17(22(2)3)13-21-18(23)20-12-15-5-4-10-19-11-15/h4-11,17H,12-13H2,1-3H3,(H2,20,21,23). The maximum absolute atomic E-state index is 12.0. The quantitative estimate of drug-likeness (QED) is 0.861. The lowest BCUT2D eigenvalue weighted by Gasteiger charge is -2.25. The molecule has 2 N–H and O–H groups in total. The molecule has 2 rings (SSSR count). The largest absolute Gasteiger partial charge is 0.336 e. The van der Waals surface area contributed by atoms with E-state index in [1.807, 2.05) is 26.2 Å². The predicted octanol–water partition coefficient (Wildman–Crippen LogP) is 2.49. The molecular formula is C18H24N4O. The number of carbonyl (C=O) groups is 1. The Labute approximate surface area is 137 Å². The molecule has 5 heteroatoms. The molecule has 0 radical (unpaired) electrons. The van der Waals surface area contributed by atoms with E-state index < -0.39 is 0 Å². The van der Waals surface area contributed by atoms with E-state index in [-0.39, 0.29) is 12.1 Å². The number of benzene rings is 1. The van der Waals surface area contributed by atoms with Crippen molar-refractivity contribution in [3.63, 3.8) is 0 Å². The number of urea groups is 1. The molecule has 0 spiro atoms. The number of nitrogens with zero attached hydrogens (tertiary/aromatic N) is 2. The molecule has 0 aliphatic rings. The van der Waals surface area contributed by atoms with Crippen molar-refractivity contribution in [2.24, 2.45) is 0 Å². The van der Waals surface area contributed by atoms with Crippen LogP contribution in [0, 0.1) is 6.92 Å². The molecule has 0 aliphatic carbocycles. The van der Waals surface area contributed by atoms with E-state index in [9.17, 15) is 4.79 Å². The van der Waals surface area contributed by atoms with Crippen LogP contribution in [0.25, 0.3) is 0 Å². The summed E-state index contributed by atoms with van der Waals surface area (Å²) in [5, 5.41) is 5.78. The number of aromatic nitrogens is 1. The van der Waals surface area contributed by atoms with Crippen LogP contribution in [0.2, 0.25) is 0 Å². The molecule has 1 heterocycles. The van der Waals surface area contributed by atoms with Crippen molar-refractivity contribution >= 4 is 6.03 Å². The van der Waals surface area contributed by atoms with Gasteiger partial charge in [-0.3, -0.25) is 4.98 Å². The number of likely N-dealkylation sites (N-methyl/N-ethyl adjacent to an activating group) is 1. The first-order valence-electron chi connectivity index (χ1n) is 7.70. The van der Waals surface area contributed by atoms with Gasteiger partial charge in [-0.15, -0.1) is 0 Å². The number of hydrogen-bond acceptors (Lipinski definition) is 3. The van der Waals surface area contributed by atoms with Gasteiger partial charge in [-0.2, -0.15) is 0 Å². The first-order chi connectivity index (χ1) is 11.1. The van der Waals surface area contributed by atoms with Crippen LogP contribution in [-0.4, -0.2) is 36.6 Å². The first-order valence-corrected chi connectivity index (χ1v) is 7.70. The summed E-state index contributed by atoms with van der Waals surface area (Å²) in [4.78, 5) is 18.1. The second kappa shape index (κ2) is 8.29. The molecule has 1 unspecified atom stereocenters. The van der Waals surface area contributed by atoms with Gasteiger partial charge >= 0.3 is 6.03 Å². The lowest BCUT2D eigenvalue weighted by molar-refractivity contribution is 0.232. The lowest BCUT2D eigenvalue weighted by atomic mass is 10.0. The van der Waals surface area contributed by atoms with E-state index in [1.165, 1.54) is 11.1 Å². The number of carbonyl (C=O) groups excluding carboxylic acids is 1. The van der Waals surface area contributed by atoms with Crippen LogP contribution in [0.1, 0.15) is 22.7 Å². The van der Waals surface area contributed by atoms with Crippen molar-refractivity contribution < 1.29 is 4.79 Å². The van der Waals surface area contributed by atoms with Crippen LogP contribution in [0.5, 0.6) is 0 Å². The van der Waals surface area contributed by atoms with Crippen LogP contribution in [0.4, 0.5) is 4.79 Å². The molecule has 0 saturated heterocycles. The fraction of sp³-hybridized carbons (Fsp3) is 0.333. The second-order valence-electron chi connectivity index (χ2n) is 5.81. The van der Waals surface area contributed by atoms with Crippen LogP contribution >= 0.6 is 0 Å². The van der Waals surface area contributed by atoms with Crippen molar-refractivity contribution in [3.05, 3.63) is 65.5 Å². The normalized spacial score (nSPS) is 12.0. The summed E-state index contributed by atoms with van der Waals surface area (Å²) in [5.74, 6) is 0.